The van der Waals surface area contributed by atoms with Gasteiger partial charge >= 0.3 is 0 Å². The molecule has 2 heterocycles. The summed E-state index contributed by atoms with van der Waals surface area (Å²) in [5, 5.41) is 0. The smallest absolute Gasteiger partial charge is 0.215 e. The molecule has 0 aliphatic heterocycles. The molecule has 20 heavy (non-hydrogen) atoms. The summed E-state index contributed by atoms with van der Waals surface area (Å²) in [6, 6.07) is 8.53. The quantitative estimate of drug-likeness (QED) is 0.793. The SMILES string of the molecule is CCOc1ccc2[nH]c(-c3cc(C)ccc3F)nc2n1. The molecule has 102 valence electrons. The monoisotopic (exact) mass is 271 g/mol. The predicted molar refractivity (Wildman–Crippen MR) is 75.2 cm³/mol. The van der Waals surface area contributed by atoms with Gasteiger partial charge in [0.15, 0.2) is 5.65 Å². The molecule has 0 saturated carbocycles. The van der Waals surface area contributed by atoms with Crippen LogP contribution in [0.25, 0.3) is 22.6 Å². The van der Waals surface area contributed by atoms with E-state index >= 15 is 0 Å². The number of nitrogens with zero attached hydrogens (tertiary/aromatic N) is 2. The molecule has 0 spiro atoms. The number of aromatic nitrogens is 3. The molecule has 3 aromatic rings. The van der Waals surface area contributed by atoms with Crippen molar-refractivity contribution in [3.05, 3.63) is 41.7 Å². The summed E-state index contributed by atoms with van der Waals surface area (Å²) >= 11 is 0. The fourth-order valence-corrected chi connectivity index (χ4v) is 2.05. The van der Waals surface area contributed by atoms with E-state index in [1.54, 1.807) is 18.2 Å². The minimum atomic E-state index is -0.306. The topological polar surface area (TPSA) is 50.8 Å². The Kier molecular flexibility index (Phi) is 3.10. The number of hydrogen-bond acceptors (Lipinski definition) is 3. The third-order valence-electron chi connectivity index (χ3n) is 2.99. The highest BCUT2D eigenvalue weighted by atomic mass is 19.1. The van der Waals surface area contributed by atoms with Crippen LogP contribution in [-0.2, 0) is 0 Å². The largest absolute Gasteiger partial charge is 0.478 e. The van der Waals surface area contributed by atoms with Crippen LogP contribution in [0.1, 0.15) is 12.5 Å². The van der Waals surface area contributed by atoms with E-state index in [4.69, 9.17) is 4.74 Å². The molecule has 0 bridgehead atoms. The minimum absolute atomic E-state index is 0.306. The summed E-state index contributed by atoms with van der Waals surface area (Å²) in [5.74, 6) is 0.685. The third kappa shape index (κ3) is 2.22. The van der Waals surface area contributed by atoms with Crippen LogP contribution in [-0.4, -0.2) is 21.6 Å². The molecule has 0 unspecified atom stereocenters. The van der Waals surface area contributed by atoms with E-state index in [-0.39, 0.29) is 5.82 Å². The number of fused-ring (bicyclic) bond motifs is 1. The van der Waals surface area contributed by atoms with Crippen LogP contribution >= 0.6 is 0 Å². The molecule has 0 atom stereocenters. The lowest BCUT2D eigenvalue weighted by Crippen LogP contribution is -1.93. The maximum absolute atomic E-state index is 13.9. The molecule has 0 fully saturated rings. The van der Waals surface area contributed by atoms with E-state index in [0.29, 0.717) is 29.5 Å². The van der Waals surface area contributed by atoms with E-state index < -0.39 is 0 Å². The molecule has 5 heteroatoms. The summed E-state index contributed by atoms with van der Waals surface area (Å²) in [7, 11) is 0. The molecule has 0 aliphatic carbocycles. The fraction of sp³-hybridized carbons (Fsp3) is 0.200. The lowest BCUT2D eigenvalue weighted by Gasteiger charge is -2.00. The Morgan fingerprint density at radius 3 is 2.85 bits per heavy atom. The molecule has 4 nitrogen and oxygen atoms in total. The van der Waals surface area contributed by atoms with Crippen LogP contribution in [0.15, 0.2) is 30.3 Å². The van der Waals surface area contributed by atoms with E-state index in [9.17, 15) is 4.39 Å². The van der Waals surface area contributed by atoms with Crippen molar-refractivity contribution in [1.82, 2.24) is 15.0 Å². The van der Waals surface area contributed by atoms with Crippen molar-refractivity contribution < 1.29 is 9.13 Å². The first-order chi connectivity index (χ1) is 9.67. The standard InChI is InChI=1S/C15H14FN3O/c1-3-20-13-7-6-12-15(18-13)19-14(17-12)10-8-9(2)4-5-11(10)16/h4-8H,3H2,1-2H3,(H,17,18,19). The van der Waals surface area contributed by atoms with Gasteiger partial charge in [-0.2, -0.15) is 4.98 Å². The van der Waals surface area contributed by atoms with Gasteiger partial charge in [0.25, 0.3) is 0 Å². The van der Waals surface area contributed by atoms with Gasteiger partial charge in [0, 0.05) is 6.07 Å². The lowest BCUT2D eigenvalue weighted by atomic mass is 10.1. The number of H-pyrrole nitrogens is 1. The van der Waals surface area contributed by atoms with Gasteiger partial charge in [-0.25, -0.2) is 9.37 Å². The number of nitrogens with one attached hydrogen (secondary N) is 1. The maximum atomic E-state index is 13.9. The molecule has 1 N–H and O–H groups in total. The van der Waals surface area contributed by atoms with E-state index in [2.05, 4.69) is 15.0 Å². The third-order valence-corrected chi connectivity index (χ3v) is 2.99. The van der Waals surface area contributed by atoms with Crippen LogP contribution < -0.4 is 4.74 Å². The second kappa shape index (κ2) is 4.92. The van der Waals surface area contributed by atoms with Crippen molar-refractivity contribution in [3.63, 3.8) is 0 Å². The molecular formula is C15H14FN3O. The minimum Gasteiger partial charge on any atom is -0.478 e. The van der Waals surface area contributed by atoms with E-state index in [1.165, 1.54) is 6.07 Å². The normalized spacial score (nSPS) is 10.9. The summed E-state index contributed by atoms with van der Waals surface area (Å²) in [6.07, 6.45) is 0. The zero-order valence-electron chi connectivity index (χ0n) is 11.3. The molecule has 0 aliphatic rings. The molecule has 0 saturated heterocycles. The predicted octanol–water partition coefficient (Wildman–Crippen LogP) is 3.47. The summed E-state index contributed by atoms with van der Waals surface area (Å²) in [5.41, 5.74) is 2.70. The summed E-state index contributed by atoms with van der Waals surface area (Å²) in [6.45, 7) is 4.35. The first-order valence-corrected chi connectivity index (χ1v) is 6.43. The van der Waals surface area contributed by atoms with Crippen LogP contribution in [0.2, 0.25) is 0 Å². The van der Waals surface area contributed by atoms with Crippen molar-refractivity contribution in [1.29, 1.82) is 0 Å². The number of aryl methyl sites for hydroxylation is 1. The maximum Gasteiger partial charge on any atom is 0.215 e. The Balaban J connectivity index is 2.10. The van der Waals surface area contributed by atoms with Gasteiger partial charge in [0.1, 0.15) is 11.6 Å². The van der Waals surface area contributed by atoms with E-state index in [0.717, 1.165) is 11.1 Å². The zero-order chi connectivity index (χ0) is 14.1. The van der Waals surface area contributed by atoms with Gasteiger partial charge in [-0.3, -0.25) is 0 Å². The highest BCUT2D eigenvalue weighted by molar-refractivity contribution is 5.76. The van der Waals surface area contributed by atoms with Crippen LogP contribution in [0.4, 0.5) is 4.39 Å². The van der Waals surface area contributed by atoms with Crippen molar-refractivity contribution in [2.45, 2.75) is 13.8 Å². The zero-order valence-corrected chi connectivity index (χ0v) is 11.3. The second-order valence-electron chi connectivity index (χ2n) is 4.52. The lowest BCUT2D eigenvalue weighted by molar-refractivity contribution is 0.328. The number of halogens is 1. The van der Waals surface area contributed by atoms with Gasteiger partial charge in [-0.05, 0) is 32.0 Å². The average Bonchev–Trinajstić information content (AvgIpc) is 2.85. The first kappa shape index (κ1) is 12.6. The Hall–Kier alpha value is -2.43. The highest BCUT2D eigenvalue weighted by Crippen LogP contribution is 2.24. The number of benzene rings is 1. The van der Waals surface area contributed by atoms with Crippen molar-refractivity contribution >= 4 is 11.2 Å². The summed E-state index contributed by atoms with van der Waals surface area (Å²) in [4.78, 5) is 11.7. The number of pyridine rings is 1. The number of rotatable bonds is 3. The van der Waals surface area contributed by atoms with Gasteiger partial charge in [0.2, 0.25) is 5.88 Å². The van der Waals surface area contributed by atoms with Gasteiger partial charge in [-0.1, -0.05) is 11.6 Å². The van der Waals surface area contributed by atoms with Crippen LogP contribution in [0.3, 0.4) is 0 Å². The number of ether oxygens (including phenoxy) is 1. The van der Waals surface area contributed by atoms with Gasteiger partial charge in [-0.15, -0.1) is 0 Å². The van der Waals surface area contributed by atoms with E-state index in [1.807, 2.05) is 19.9 Å². The van der Waals surface area contributed by atoms with Crippen molar-refractivity contribution in [3.8, 4) is 17.3 Å². The molecule has 3 rings (SSSR count). The number of hydrogen-bond donors (Lipinski definition) is 1. The van der Waals surface area contributed by atoms with Crippen molar-refractivity contribution in [2.75, 3.05) is 6.61 Å². The van der Waals surface area contributed by atoms with Crippen molar-refractivity contribution in [2.24, 2.45) is 0 Å². The Labute approximate surface area is 115 Å². The molecule has 0 amide bonds. The second-order valence-corrected chi connectivity index (χ2v) is 4.52. The van der Waals surface area contributed by atoms with Crippen LogP contribution in [0, 0.1) is 12.7 Å². The number of aromatic amines is 1. The Morgan fingerprint density at radius 2 is 2.05 bits per heavy atom. The number of imidazole rings is 1. The van der Waals surface area contributed by atoms with Gasteiger partial charge < -0.3 is 9.72 Å². The highest BCUT2D eigenvalue weighted by Gasteiger charge is 2.11. The molecular weight excluding hydrogens is 257 g/mol. The Morgan fingerprint density at radius 1 is 1.20 bits per heavy atom. The summed E-state index contributed by atoms with van der Waals surface area (Å²) < 4.78 is 19.2. The molecule has 2 aromatic heterocycles. The van der Waals surface area contributed by atoms with Gasteiger partial charge in [0.05, 0.1) is 17.7 Å². The fourth-order valence-electron chi connectivity index (χ4n) is 2.05. The average molecular weight is 271 g/mol. The molecule has 0 radical (unpaired) electrons. The Bertz CT molecular complexity index is 767. The van der Waals surface area contributed by atoms with Crippen LogP contribution in [0.5, 0.6) is 5.88 Å². The first-order valence-electron chi connectivity index (χ1n) is 6.43. The molecule has 1 aromatic carbocycles.